The minimum atomic E-state index is -0.397. The number of amides is 1. The second-order valence-electron chi connectivity index (χ2n) is 4.93. The van der Waals surface area contributed by atoms with Gasteiger partial charge in [-0.1, -0.05) is 23.2 Å². The van der Waals surface area contributed by atoms with Gasteiger partial charge in [-0.2, -0.15) is 5.10 Å². The third kappa shape index (κ3) is 4.03. The first kappa shape index (κ1) is 17.3. The standard InChI is InChI=1S/C17H16Cl2N2O2/c1-10-11(2)16(23-3)7-4-12(10)9-20-21-17(22)14-6-5-13(18)8-15(14)19/h4-9H,1-3H3,(H,21,22)/b20-9+. The summed E-state index contributed by atoms with van der Waals surface area (Å²) in [6, 6.07) is 8.41. The SMILES string of the molecule is COc1ccc(/C=N/NC(=O)c2ccc(Cl)cc2Cl)c(C)c1C. The number of rotatable bonds is 4. The Kier molecular flexibility index (Phi) is 5.64. The van der Waals surface area contributed by atoms with Crippen LogP contribution in [0.3, 0.4) is 0 Å². The summed E-state index contributed by atoms with van der Waals surface area (Å²) in [5, 5.41) is 4.73. The summed E-state index contributed by atoms with van der Waals surface area (Å²) in [6.07, 6.45) is 1.59. The van der Waals surface area contributed by atoms with E-state index in [1.165, 1.54) is 6.07 Å². The highest BCUT2D eigenvalue weighted by molar-refractivity contribution is 6.36. The van der Waals surface area contributed by atoms with Gasteiger partial charge in [0.1, 0.15) is 5.75 Å². The van der Waals surface area contributed by atoms with Crippen molar-refractivity contribution in [2.24, 2.45) is 5.10 Å². The Balaban J connectivity index is 2.13. The summed E-state index contributed by atoms with van der Waals surface area (Å²) in [5.74, 6) is 0.419. The Morgan fingerprint density at radius 1 is 1.17 bits per heavy atom. The van der Waals surface area contributed by atoms with Gasteiger partial charge in [0.05, 0.1) is 23.9 Å². The lowest BCUT2D eigenvalue weighted by Gasteiger charge is -2.09. The van der Waals surface area contributed by atoms with Crippen molar-refractivity contribution in [3.63, 3.8) is 0 Å². The van der Waals surface area contributed by atoms with E-state index in [4.69, 9.17) is 27.9 Å². The molecule has 0 radical (unpaired) electrons. The van der Waals surface area contributed by atoms with Crippen molar-refractivity contribution >= 4 is 35.3 Å². The molecule has 120 valence electrons. The number of hydrogen-bond donors (Lipinski definition) is 1. The highest BCUT2D eigenvalue weighted by atomic mass is 35.5. The van der Waals surface area contributed by atoms with E-state index in [-0.39, 0.29) is 5.02 Å². The van der Waals surface area contributed by atoms with Crippen molar-refractivity contribution in [3.05, 3.63) is 62.6 Å². The fourth-order valence-corrected chi connectivity index (χ4v) is 2.57. The van der Waals surface area contributed by atoms with Crippen molar-refractivity contribution < 1.29 is 9.53 Å². The van der Waals surface area contributed by atoms with E-state index in [0.717, 1.165) is 22.4 Å². The maximum atomic E-state index is 12.0. The van der Waals surface area contributed by atoms with E-state index in [1.807, 2.05) is 26.0 Å². The molecule has 2 aromatic rings. The zero-order chi connectivity index (χ0) is 17.0. The lowest BCUT2D eigenvalue weighted by molar-refractivity contribution is 0.0955. The number of carbonyl (C=O) groups is 1. The molecule has 0 aliphatic heterocycles. The second kappa shape index (κ2) is 7.49. The highest BCUT2D eigenvalue weighted by Gasteiger charge is 2.10. The van der Waals surface area contributed by atoms with Crippen LogP contribution in [0.5, 0.6) is 5.75 Å². The normalized spacial score (nSPS) is 10.8. The first-order valence-corrected chi connectivity index (χ1v) is 7.62. The van der Waals surface area contributed by atoms with E-state index >= 15 is 0 Å². The Labute approximate surface area is 145 Å². The largest absolute Gasteiger partial charge is 0.496 e. The van der Waals surface area contributed by atoms with E-state index in [1.54, 1.807) is 25.5 Å². The predicted molar refractivity (Wildman–Crippen MR) is 94.0 cm³/mol. The predicted octanol–water partition coefficient (Wildman–Crippen LogP) is 4.38. The van der Waals surface area contributed by atoms with Gasteiger partial charge in [-0.15, -0.1) is 0 Å². The van der Waals surface area contributed by atoms with Gasteiger partial charge in [-0.3, -0.25) is 4.79 Å². The van der Waals surface area contributed by atoms with Crippen molar-refractivity contribution in [1.82, 2.24) is 5.43 Å². The number of hydrogen-bond acceptors (Lipinski definition) is 3. The van der Waals surface area contributed by atoms with E-state index in [0.29, 0.717) is 10.6 Å². The van der Waals surface area contributed by atoms with Crippen molar-refractivity contribution in [1.29, 1.82) is 0 Å². The van der Waals surface area contributed by atoms with Crippen LogP contribution in [0.25, 0.3) is 0 Å². The fraction of sp³-hybridized carbons (Fsp3) is 0.176. The average molecular weight is 351 g/mol. The maximum absolute atomic E-state index is 12.0. The third-order valence-electron chi connectivity index (χ3n) is 3.54. The molecule has 0 saturated heterocycles. The van der Waals surface area contributed by atoms with Crippen molar-refractivity contribution in [2.45, 2.75) is 13.8 Å². The van der Waals surface area contributed by atoms with Crippen LogP contribution in [0.2, 0.25) is 10.0 Å². The molecule has 0 saturated carbocycles. The molecule has 0 aliphatic rings. The fourth-order valence-electron chi connectivity index (χ4n) is 2.07. The second-order valence-corrected chi connectivity index (χ2v) is 5.77. The molecule has 0 unspecified atom stereocenters. The molecule has 23 heavy (non-hydrogen) atoms. The molecule has 0 bridgehead atoms. The van der Waals surface area contributed by atoms with Crippen LogP contribution >= 0.6 is 23.2 Å². The van der Waals surface area contributed by atoms with Gasteiger partial charge in [0.25, 0.3) is 5.91 Å². The number of nitrogens with zero attached hydrogens (tertiary/aromatic N) is 1. The van der Waals surface area contributed by atoms with Crippen LogP contribution in [0.15, 0.2) is 35.4 Å². The Bertz CT molecular complexity index is 773. The quantitative estimate of drug-likeness (QED) is 0.656. The number of methoxy groups -OCH3 is 1. The Morgan fingerprint density at radius 3 is 2.57 bits per heavy atom. The van der Waals surface area contributed by atoms with E-state index in [9.17, 15) is 4.79 Å². The maximum Gasteiger partial charge on any atom is 0.272 e. The summed E-state index contributed by atoms with van der Waals surface area (Å²) >= 11 is 11.8. The minimum Gasteiger partial charge on any atom is -0.496 e. The lowest BCUT2D eigenvalue weighted by atomic mass is 10.0. The van der Waals surface area contributed by atoms with Crippen LogP contribution in [0.4, 0.5) is 0 Å². The van der Waals surface area contributed by atoms with E-state index in [2.05, 4.69) is 10.5 Å². The number of halogens is 2. The molecule has 1 N–H and O–H groups in total. The van der Waals surface area contributed by atoms with Gasteiger partial charge in [0, 0.05) is 5.02 Å². The molecular formula is C17H16Cl2N2O2. The van der Waals surface area contributed by atoms with Gasteiger partial charge in [-0.25, -0.2) is 5.43 Å². The van der Waals surface area contributed by atoms with Gasteiger partial charge >= 0.3 is 0 Å². The minimum absolute atomic E-state index is 0.279. The molecule has 0 fully saturated rings. The summed E-state index contributed by atoms with van der Waals surface area (Å²) in [6.45, 7) is 3.94. The van der Waals surface area contributed by atoms with Crippen LogP contribution in [-0.4, -0.2) is 19.2 Å². The molecule has 4 nitrogen and oxygen atoms in total. The smallest absolute Gasteiger partial charge is 0.272 e. The molecule has 0 aromatic heterocycles. The number of ether oxygens (including phenoxy) is 1. The number of nitrogens with one attached hydrogen (secondary N) is 1. The first-order chi connectivity index (χ1) is 10.9. The monoisotopic (exact) mass is 350 g/mol. The number of hydrazone groups is 1. The van der Waals surface area contributed by atoms with Crippen LogP contribution in [0, 0.1) is 13.8 Å². The molecular weight excluding hydrogens is 335 g/mol. The van der Waals surface area contributed by atoms with Crippen molar-refractivity contribution in [3.8, 4) is 5.75 Å². The summed E-state index contributed by atoms with van der Waals surface area (Å²) < 4.78 is 5.26. The molecule has 0 spiro atoms. The zero-order valence-corrected chi connectivity index (χ0v) is 14.5. The van der Waals surface area contributed by atoms with Gasteiger partial charge in [0.2, 0.25) is 0 Å². The summed E-state index contributed by atoms with van der Waals surface area (Å²) in [4.78, 5) is 12.0. The van der Waals surface area contributed by atoms with Crippen LogP contribution in [0.1, 0.15) is 27.0 Å². The van der Waals surface area contributed by atoms with Crippen molar-refractivity contribution in [2.75, 3.05) is 7.11 Å². The molecule has 0 atom stereocenters. The average Bonchev–Trinajstić information content (AvgIpc) is 2.51. The molecule has 2 rings (SSSR count). The molecule has 1 amide bonds. The summed E-state index contributed by atoms with van der Waals surface area (Å²) in [7, 11) is 1.63. The van der Waals surface area contributed by atoms with Gasteiger partial charge in [-0.05, 0) is 60.9 Å². The van der Waals surface area contributed by atoms with E-state index < -0.39 is 5.91 Å². The zero-order valence-electron chi connectivity index (χ0n) is 13.0. The van der Waals surface area contributed by atoms with Crippen LogP contribution in [-0.2, 0) is 0 Å². The molecule has 2 aromatic carbocycles. The molecule has 0 heterocycles. The molecule has 0 aliphatic carbocycles. The highest BCUT2D eigenvalue weighted by Crippen LogP contribution is 2.23. The summed E-state index contributed by atoms with van der Waals surface area (Å²) in [5.41, 5.74) is 5.73. The van der Waals surface area contributed by atoms with Gasteiger partial charge < -0.3 is 4.74 Å². The molecule has 6 heteroatoms. The first-order valence-electron chi connectivity index (χ1n) is 6.86. The Morgan fingerprint density at radius 2 is 1.91 bits per heavy atom. The van der Waals surface area contributed by atoms with Gasteiger partial charge in [0.15, 0.2) is 0 Å². The Hall–Kier alpha value is -2.04. The topological polar surface area (TPSA) is 50.7 Å². The number of carbonyl (C=O) groups excluding carboxylic acids is 1. The lowest BCUT2D eigenvalue weighted by Crippen LogP contribution is -2.18. The third-order valence-corrected chi connectivity index (χ3v) is 4.09. The number of benzene rings is 2. The van der Waals surface area contributed by atoms with Crippen LogP contribution < -0.4 is 10.2 Å².